The number of rotatable bonds is 2. The van der Waals surface area contributed by atoms with Gasteiger partial charge in [0, 0.05) is 0 Å². The highest BCUT2D eigenvalue weighted by Crippen LogP contribution is 2.38. The SMILES string of the molecule is COC(=O)C1(c2cccc(F)c2)CC=CC1. The zero-order valence-electron chi connectivity index (χ0n) is 9.07. The molecule has 0 fully saturated rings. The highest BCUT2D eigenvalue weighted by Gasteiger charge is 2.41. The molecule has 0 spiro atoms. The second kappa shape index (κ2) is 4.08. The summed E-state index contributed by atoms with van der Waals surface area (Å²) < 4.78 is 18.0. The van der Waals surface area contributed by atoms with Gasteiger partial charge >= 0.3 is 5.97 Å². The Morgan fingerprint density at radius 3 is 2.62 bits per heavy atom. The average Bonchev–Trinajstić information content (AvgIpc) is 2.78. The first kappa shape index (κ1) is 10.9. The summed E-state index contributed by atoms with van der Waals surface area (Å²) in [4.78, 5) is 11.9. The third kappa shape index (κ3) is 1.62. The van der Waals surface area contributed by atoms with E-state index in [-0.39, 0.29) is 11.8 Å². The molecule has 0 aliphatic heterocycles. The van der Waals surface area contributed by atoms with Crippen molar-refractivity contribution in [2.75, 3.05) is 7.11 Å². The van der Waals surface area contributed by atoms with Gasteiger partial charge in [0.2, 0.25) is 0 Å². The lowest BCUT2D eigenvalue weighted by molar-refractivity contribution is -0.147. The molecule has 0 unspecified atom stereocenters. The molecule has 3 heteroatoms. The van der Waals surface area contributed by atoms with Crippen molar-refractivity contribution in [3.63, 3.8) is 0 Å². The highest BCUT2D eigenvalue weighted by molar-refractivity contribution is 5.84. The van der Waals surface area contributed by atoms with Crippen molar-refractivity contribution in [2.24, 2.45) is 0 Å². The summed E-state index contributed by atoms with van der Waals surface area (Å²) in [7, 11) is 1.36. The van der Waals surface area contributed by atoms with Gasteiger partial charge in [0.25, 0.3) is 0 Å². The molecule has 0 radical (unpaired) electrons. The van der Waals surface area contributed by atoms with E-state index in [4.69, 9.17) is 4.74 Å². The lowest BCUT2D eigenvalue weighted by Gasteiger charge is -2.26. The van der Waals surface area contributed by atoms with Crippen LogP contribution in [0.1, 0.15) is 18.4 Å². The standard InChI is InChI=1S/C13H13FO2/c1-16-12(15)13(7-2-3-8-13)10-5-4-6-11(14)9-10/h2-6,9H,7-8H2,1H3. The van der Waals surface area contributed by atoms with Crippen LogP contribution in [-0.2, 0) is 14.9 Å². The van der Waals surface area contributed by atoms with Gasteiger partial charge in [0.15, 0.2) is 0 Å². The van der Waals surface area contributed by atoms with E-state index in [1.165, 1.54) is 19.2 Å². The minimum Gasteiger partial charge on any atom is -0.468 e. The summed E-state index contributed by atoms with van der Waals surface area (Å²) in [6.07, 6.45) is 5.01. The van der Waals surface area contributed by atoms with Crippen LogP contribution in [-0.4, -0.2) is 13.1 Å². The van der Waals surface area contributed by atoms with Crippen molar-refractivity contribution < 1.29 is 13.9 Å². The molecule has 0 saturated heterocycles. The third-order valence-corrected chi connectivity index (χ3v) is 3.05. The largest absolute Gasteiger partial charge is 0.468 e. The van der Waals surface area contributed by atoms with Crippen LogP contribution in [0.25, 0.3) is 0 Å². The van der Waals surface area contributed by atoms with Crippen LogP contribution in [0.15, 0.2) is 36.4 Å². The second-order valence-electron chi connectivity index (χ2n) is 3.96. The molecule has 1 aromatic rings. The van der Waals surface area contributed by atoms with E-state index in [2.05, 4.69) is 0 Å². The van der Waals surface area contributed by atoms with Gasteiger partial charge in [0.1, 0.15) is 5.82 Å². The van der Waals surface area contributed by atoms with Crippen LogP contribution in [0.2, 0.25) is 0 Å². The van der Waals surface area contributed by atoms with Gasteiger partial charge in [-0.05, 0) is 30.5 Å². The summed E-state index contributed by atoms with van der Waals surface area (Å²) in [5, 5.41) is 0. The molecule has 0 heterocycles. The topological polar surface area (TPSA) is 26.3 Å². The molecule has 1 aromatic carbocycles. The number of halogens is 1. The molecule has 2 rings (SSSR count). The van der Waals surface area contributed by atoms with Gasteiger partial charge in [-0.3, -0.25) is 4.79 Å². The Morgan fingerprint density at radius 1 is 1.38 bits per heavy atom. The number of hydrogen-bond acceptors (Lipinski definition) is 2. The normalized spacial score (nSPS) is 17.4. The van der Waals surface area contributed by atoms with Crippen LogP contribution >= 0.6 is 0 Å². The molecule has 0 saturated carbocycles. The van der Waals surface area contributed by atoms with Gasteiger partial charge < -0.3 is 4.74 Å². The maximum atomic E-state index is 13.2. The fourth-order valence-electron chi connectivity index (χ4n) is 2.15. The zero-order valence-corrected chi connectivity index (χ0v) is 9.07. The van der Waals surface area contributed by atoms with Crippen molar-refractivity contribution in [3.05, 3.63) is 47.8 Å². The van der Waals surface area contributed by atoms with Crippen molar-refractivity contribution in [2.45, 2.75) is 18.3 Å². The molecule has 16 heavy (non-hydrogen) atoms. The number of benzene rings is 1. The number of methoxy groups -OCH3 is 1. The lowest BCUT2D eigenvalue weighted by Crippen LogP contribution is -2.34. The molecule has 0 atom stereocenters. The van der Waals surface area contributed by atoms with Crippen LogP contribution in [0.5, 0.6) is 0 Å². The van der Waals surface area contributed by atoms with Gasteiger partial charge in [-0.2, -0.15) is 0 Å². The predicted octanol–water partition coefficient (Wildman–Crippen LogP) is 2.59. The highest BCUT2D eigenvalue weighted by atomic mass is 19.1. The molecule has 0 amide bonds. The fraction of sp³-hybridized carbons (Fsp3) is 0.308. The second-order valence-corrected chi connectivity index (χ2v) is 3.96. The maximum absolute atomic E-state index is 13.2. The van der Waals surface area contributed by atoms with Crippen LogP contribution in [0.3, 0.4) is 0 Å². The summed E-state index contributed by atoms with van der Waals surface area (Å²) in [5.74, 6) is -0.629. The lowest BCUT2D eigenvalue weighted by atomic mass is 9.78. The molecule has 0 aromatic heterocycles. The summed E-state index contributed by atoms with van der Waals surface area (Å²) in [6.45, 7) is 0. The Kier molecular flexibility index (Phi) is 2.77. The van der Waals surface area contributed by atoms with Crippen molar-refractivity contribution in [3.8, 4) is 0 Å². The Labute approximate surface area is 93.7 Å². The predicted molar refractivity (Wildman–Crippen MR) is 58.5 cm³/mol. The minimum atomic E-state index is -0.725. The van der Waals surface area contributed by atoms with Crippen LogP contribution in [0, 0.1) is 5.82 Å². The molecular formula is C13H13FO2. The van der Waals surface area contributed by atoms with E-state index in [1.54, 1.807) is 12.1 Å². The van der Waals surface area contributed by atoms with Gasteiger partial charge in [0.05, 0.1) is 12.5 Å². The van der Waals surface area contributed by atoms with Gasteiger partial charge in [-0.15, -0.1) is 0 Å². The number of allylic oxidation sites excluding steroid dienone is 2. The van der Waals surface area contributed by atoms with E-state index in [9.17, 15) is 9.18 Å². The summed E-state index contributed by atoms with van der Waals surface area (Å²) in [6, 6.07) is 6.17. The molecule has 0 bridgehead atoms. The van der Waals surface area contributed by atoms with Crippen LogP contribution < -0.4 is 0 Å². The van der Waals surface area contributed by atoms with E-state index in [0.717, 1.165) is 0 Å². The van der Waals surface area contributed by atoms with E-state index in [1.807, 2.05) is 12.2 Å². The zero-order chi connectivity index (χ0) is 11.6. The monoisotopic (exact) mass is 220 g/mol. The smallest absolute Gasteiger partial charge is 0.316 e. The van der Waals surface area contributed by atoms with Gasteiger partial charge in [-0.25, -0.2) is 4.39 Å². The Bertz CT molecular complexity index is 429. The number of esters is 1. The van der Waals surface area contributed by atoms with Crippen molar-refractivity contribution in [1.82, 2.24) is 0 Å². The molecule has 1 aliphatic carbocycles. The maximum Gasteiger partial charge on any atom is 0.316 e. The Morgan fingerprint density at radius 2 is 2.06 bits per heavy atom. The summed E-state index contributed by atoms with van der Waals surface area (Å²) >= 11 is 0. The summed E-state index contributed by atoms with van der Waals surface area (Å²) in [5.41, 5.74) is -0.0408. The quantitative estimate of drug-likeness (QED) is 0.565. The number of hydrogen-bond donors (Lipinski definition) is 0. The Balaban J connectivity index is 2.44. The first-order chi connectivity index (χ1) is 7.69. The Hall–Kier alpha value is -1.64. The third-order valence-electron chi connectivity index (χ3n) is 3.05. The van der Waals surface area contributed by atoms with E-state index < -0.39 is 5.41 Å². The molecule has 1 aliphatic rings. The van der Waals surface area contributed by atoms with Gasteiger partial charge in [-0.1, -0.05) is 24.3 Å². The number of ether oxygens (including phenoxy) is 1. The fourth-order valence-corrected chi connectivity index (χ4v) is 2.15. The van der Waals surface area contributed by atoms with Crippen molar-refractivity contribution >= 4 is 5.97 Å². The number of carbonyl (C=O) groups excluding carboxylic acids is 1. The molecular weight excluding hydrogens is 207 g/mol. The van der Waals surface area contributed by atoms with Crippen LogP contribution in [0.4, 0.5) is 4.39 Å². The number of carbonyl (C=O) groups is 1. The molecule has 84 valence electrons. The van der Waals surface area contributed by atoms with E-state index in [0.29, 0.717) is 18.4 Å². The minimum absolute atomic E-state index is 0.303. The average molecular weight is 220 g/mol. The first-order valence-electron chi connectivity index (χ1n) is 5.18. The molecule has 0 N–H and O–H groups in total. The first-order valence-corrected chi connectivity index (χ1v) is 5.18. The molecule has 2 nitrogen and oxygen atoms in total. The van der Waals surface area contributed by atoms with E-state index >= 15 is 0 Å². The van der Waals surface area contributed by atoms with Crippen molar-refractivity contribution in [1.29, 1.82) is 0 Å².